The van der Waals surface area contributed by atoms with Gasteiger partial charge < -0.3 is 20.4 Å². The molecule has 0 aliphatic carbocycles. The molecule has 0 spiro atoms. The first-order chi connectivity index (χ1) is 14.2. The van der Waals surface area contributed by atoms with Gasteiger partial charge in [-0.15, -0.1) is 24.8 Å². The van der Waals surface area contributed by atoms with Gasteiger partial charge in [-0.3, -0.25) is 14.6 Å². The molecule has 1 aromatic rings. The summed E-state index contributed by atoms with van der Waals surface area (Å²) in [5.41, 5.74) is 0. The molecule has 172 valence electrons. The van der Waals surface area contributed by atoms with Crippen molar-refractivity contribution in [2.45, 2.75) is 56.7 Å². The fourth-order valence-corrected chi connectivity index (χ4v) is 5.84. The topological polar surface area (TPSA) is 90.5 Å². The maximum Gasteiger partial charge on any atom is 0.243 e. The van der Waals surface area contributed by atoms with E-state index in [1.807, 2.05) is 4.90 Å². The molecule has 8 nitrogen and oxygen atoms in total. The first-order valence-electron chi connectivity index (χ1n) is 11.0. The maximum absolute atomic E-state index is 13.3. The second kappa shape index (κ2) is 10.3. The number of nitrogens with zero attached hydrogens (tertiary/aromatic N) is 4. The summed E-state index contributed by atoms with van der Waals surface area (Å²) < 4.78 is 0. The zero-order chi connectivity index (χ0) is 19.8. The van der Waals surface area contributed by atoms with Gasteiger partial charge in [-0.05, 0) is 44.6 Å². The van der Waals surface area contributed by atoms with Gasteiger partial charge in [0.05, 0.1) is 6.20 Å². The summed E-state index contributed by atoms with van der Waals surface area (Å²) in [5.74, 6) is 1.85. The van der Waals surface area contributed by atoms with Crippen LogP contribution in [0.1, 0.15) is 38.5 Å². The summed E-state index contributed by atoms with van der Waals surface area (Å²) in [7, 11) is 0. The van der Waals surface area contributed by atoms with Crippen LogP contribution in [0.15, 0.2) is 18.6 Å². The second-order valence-corrected chi connectivity index (χ2v) is 8.95. The highest BCUT2D eigenvalue weighted by molar-refractivity contribution is 5.89. The number of piperidine rings is 4. The lowest BCUT2D eigenvalue weighted by atomic mass is 9.72. The zero-order valence-corrected chi connectivity index (χ0v) is 19.2. The number of fused-ring (bicyclic) bond motifs is 4. The fraction of sp³-hybridized carbons (Fsp3) is 0.714. The molecular formula is C21H32Cl2N6O2. The number of halogens is 2. The molecule has 2 amide bonds. The Morgan fingerprint density at radius 1 is 1.10 bits per heavy atom. The third-order valence-corrected chi connectivity index (χ3v) is 7.23. The first kappa shape index (κ1) is 24.0. The average Bonchev–Trinajstić information content (AvgIpc) is 2.76. The van der Waals surface area contributed by atoms with E-state index >= 15 is 0 Å². The van der Waals surface area contributed by atoms with Crippen molar-refractivity contribution in [2.24, 2.45) is 11.8 Å². The van der Waals surface area contributed by atoms with Crippen LogP contribution in [0.4, 0.5) is 5.82 Å². The van der Waals surface area contributed by atoms with Crippen molar-refractivity contribution in [3.05, 3.63) is 18.6 Å². The lowest BCUT2D eigenvalue weighted by Crippen LogP contribution is -2.68. The van der Waals surface area contributed by atoms with Crippen LogP contribution in [0, 0.1) is 11.8 Å². The minimum atomic E-state index is -0.310. The number of amides is 2. The van der Waals surface area contributed by atoms with Crippen molar-refractivity contribution in [2.75, 3.05) is 31.1 Å². The standard InChI is InChI=1S/C21H30N6O2.2ClH/c28-19-3-1-2-17-14-10-15(12-23-11-14)20(27(17)19)21(29)25-16-4-8-26(9-5-16)18-13-22-6-7-24-18;;/h6-7,13-17,20,23H,1-5,8-12H2,(H,25,29);2*1H/t14-,15+,17+,20-;;/m1../s1. The van der Waals surface area contributed by atoms with Crippen LogP contribution in [0.25, 0.3) is 0 Å². The molecular weight excluding hydrogens is 439 g/mol. The number of hydrogen-bond acceptors (Lipinski definition) is 6. The van der Waals surface area contributed by atoms with Crippen LogP contribution < -0.4 is 15.5 Å². The van der Waals surface area contributed by atoms with E-state index in [1.54, 1.807) is 18.6 Å². The van der Waals surface area contributed by atoms with Crippen LogP contribution in [-0.2, 0) is 9.59 Å². The molecule has 0 aromatic carbocycles. The largest absolute Gasteiger partial charge is 0.355 e. The summed E-state index contributed by atoms with van der Waals surface area (Å²) in [6.45, 7) is 3.51. The molecule has 31 heavy (non-hydrogen) atoms. The van der Waals surface area contributed by atoms with Gasteiger partial charge in [-0.1, -0.05) is 0 Å². The second-order valence-electron chi connectivity index (χ2n) is 8.95. The van der Waals surface area contributed by atoms with E-state index in [4.69, 9.17) is 0 Å². The number of anilines is 1. The van der Waals surface area contributed by atoms with Crippen molar-refractivity contribution in [1.29, 1.82) is 0 Å². The number of nitrogens with one attached hydrogen (secondary N) is 2. The molecule has 4 aliphatic rings. The van der Waals surface area contributed by atoms with Crippen LogP contribution in [-0.4, -0.2) is 71.0 Å². The molecule has 2 bridgehead atoms. The van der Waals surface area contributed by atoms with E-state index in [-0.39, 0.29) is 60.7 Å². The number of carbonyl (C=O) groups excluding carboxylic acids is 2. The molecule has 0 saturated carbocycles. The van der Waals surface area contributed by atoms with Crippen molar-refractivity contribution >= 4 is 42.4 Å². The van der Waals surface area contributed by atoms with Crippen LogP contribution >= 0.6 is 24.8 Å². The smallest absolute Gasteiger partial charge is 0.243 e. The highest BCUT2D eigenvalue weighted by Crippen LogP contribution is 2.39. The molecule has 2 N–H and O–H groups in total. The Kier molecular flexibility index (Phi) is 7.99. The van der Waals surface area contributed by atoms with Gasteiger partial charge in [0, 0.05) is 56.5 Å². The molecule has 0 unspecified atom stereocenters. The molecule has 4 aliphatic heterocycles. The van der Waals surface area contributed by atoms with E-state index in [1.165, 1.54) is 0 Å². The van der Waals surface area contributed by atoms with Gasteiger partial charge >= 0.3 is 0 Å². The average molecular weight is 471 g/mol. The Labute approximate surface area is 195 Å². The van der Waals surface area contributed by atoms with Crippen molar-refractivity contribution in [3.8, 4) is 0 Å². The highest BCUT2D eigenvalue weighted by atomic mass is 35.5. The Bertz CT molecular complexity index is 761. The number of carbonyl (C=O) groups is 2. The van der Waals surface area contributed by atoms with Gasteiger partial charge in [0.15, 0.2) is 0 Å². The minimum Gasteiger partial charge on any atom is -0.355 e. The number of rotatable bonds is 3. The van der Waals surface area contributed by atoms with Gasteiger partial charge in [-0.2, -0.15) is 0 Å². The van der Waals surface area contributed by atoms with E-state index in [0.29, 0.717) is 12.3 Å². The van der Waals surface area contributed by atoms with Gasteiger partial charge in [0.2, 0.25) is 11.8 Å². The normalized spacial score (nSPS) is 30.5. The monoisotopic (exact) mass is 470 g/mol. The van der Waals surface area contributed by atoms with E-state index in [0.717, 1.165) is 64.1 Å². The fourth-order valence-electron chi connectivity index (χ4n) is 5.84. The molecule has 10 heteroatoms. The lowest BCUT2D eigenvalue weighted by molar-refractivity contribution is -0.157. The van der Waals surface area contributed by atoms with Crippen LogP contribution in [0.3, 0.4) is 0 Å². The van der Waals surface area contributed by atoms with E-state index in [2.05, 4.69) is 25.5 Å². The van der Waals surface area contributed by atoms with E-state index < -0.39 is 0 Å². The molecule has 4 saturated heterocycles. The predicted molar refractivity (Wildman–Crippen MR) is 123 cm³/mol. The summed E-state index contributed by atoms with van der Waals surface area (Å²) in [6, 6.07) is 0.0764. The van der Waals surface area contributed by atoms with Crippen molar-refractivity contribution < 1.29 is 9.59 Å². The summed E-state index contributed by atoms with van der Waals surface area (Å²) in [4.78, 5) is 38.8. The molecule has 1 aromatic heterocycles. The Morgan fingerprint density at radius 2 is 1.87 bits per heavy atom. The predicted octanol–water partition coefficient (Wildman–Crippen LogP) is 1.39. The molecule has 5 rings (SSSR count). The SMILES string of the molecule is Cl.Cl.O=C(NC1CCN(c2cnccn2)CC1)[C@H]1[C@@H]2CNC[C@@H](C2)[C@@H]2CCCC(=O)N21. The summed E-state index contributed by atoms with van der Waals surface area (Å²) in [6.07, 6.45) is 10.6. The summed E-state index contributed by atoms with van der Waals surface area (Å²) in [5, 5.41) is 6.80. The summed E-state index contributed by atoms with van der Waals surface area (Å²) >= 11 is 0. The minimum absolute atomic E-state index is 0. The van der Waals surface area contributed by atoms with Gasteiger partial charge in [0.1, 0.15) is 11.9 Å². The Morgan fingerprint density at radius 3 is 2.61 bits per heavy atom. The Balaban J connectivity index is 0.00000136. The number of hydrogen-bond donors (Lipinski definition) is 2. The quantitative estimate of drug-likeness (QED) is 0.693. The van der Waals surface area contributed by atoms with Gasteiger partial charge in [-0.25, -0.2) is 4.98 Å². The van der Waals surface area contributed by atoms with Crippen LogP contribution in [0.2, 0.25) is 0 Å². The Hall–Kier alpha value is -1.64. The maximum atomic E-state index is 13.3. The lowest BCUT2D eigenvalue weighted by Gasteiger charge is -2.54. The zero-order valence-electron chi connectivity index (χ0n) is 17.6. The third kappa shape index (κ3) is 4.76. The van der Waals surface area contributed by atoms with Crippen molar-refractivity contribution in [3.63, 3.8) is 0 Å². The molecule has 4 atom stereocenters. The van der Waals surface area contributed by atoms with E-state index in [9.17, 15) is 9.59 Å². The number of aromatic nitrogens is 2. The van der Waals surface area contributed by atoms with Crippen molar-refractivity contribution in [1.82, 2.24) is 25.5 Å². The third-order valence-electron chi connectivity index (χ3n) is 7.23. The molecule has 5 heterocycles. The first-order valence-corrected chi connectivity index (χ1v) is 11.0. The van der Waals surface area contributed by atoms with Gasteiger partial charge in [0.25, 0.3) is 0 Å². The molecule has 4 fully saturated rings. The van der Waals surface area contributed by atoms with Crippen LogP contribution in [0.5, 0.6) is 0 Å². The molecule has 0 radical (unpaired) electrons. The highest BCUT2D eigenvalue weighted by Gasteiger charge is 2.50.